The summed E-state index contributed by atoms with van der Waals surface area (Å²) < 4.78 is 5.76. The molecule has 2 nitrogen and oxygen atoms in total. The maximum Gasteiger partial charge on any atom is 0.119 e. The number of nitrogens with one attached hydrogen (secondary N) is 1. The average Bonchev–Trinajstić information content (AvgIpc) is 2.37. The highest BCUT2D eigenvalue weighted by Gasteiger charge is 2.05. The van der Waals surface area contributed by atoms with Gasteiger partial charge in [-0.1, -0.05) is 39.3 Å². The van der Waals surface area contributed by atoms with Gasteiger partial charge in [-0.3, -0.25) is 0 Å². The maximum absolute atomic E-state index is 5.76. The van der Waals surface area contributed by atoms with Crippen molar-refractivity contribution in [2.45, 2.75) is 46.6 Å². The lowest BCUT2D eigenvalue weighted by molar-refractivity contribution is 0.270. The van der Waals surface area contributed by atoms with E-state index in [1.807, 2.05) is 6.07 Å². The highest BCUT2D eigenvalue weighted by Crippen LogP contribution is 2.19. The molecule has 0 fully saturated rings. The Morgan fingerprint density at radius 2 is 2.00 bits per heavy atom. The van der Waals surface area contributed by atoms with Crippen molar-refractivity contribution in [3.05, 3.63) is 29.8 Å². The van der Waals surface area contributed by atoms with Gasteiger partial charge in [0.15, 0.2) is 0 Å². The largest absolute Gasteiger partial charge is 0.493 e. The molecule has 0 unspecified atom stereocenters. The first-order chi connectivity index (χ1) is 8.63. The minimum absolute atomic E-state index is 0.388. The number of hydrogen-bond acceptors (Lipinski definition) is 2. The van der Waals surface area contributed by atoms with Gasteiger partial charge in [-0.15, -0.1) is 0 Å². The van der Waals surface area contributed by atoms with Crippen molar-refractivity contribution >= 4 is 0 Å². The van der Waals surface area contributed by atoms with Crippen LogP contribution in [0.2, 0.25) is 0 Å². The molecule has 0 aromatic heterocycles. The van der Waals surface area contributed by atoms with E-state index >= 15 is 0 Å². The van der Waals surface area contributed by atoms with Crippen LogP contribution in [0.4, 0.5) is 0 Å². The van der Waals surface area contributed by atoms with Crippen molar-refractivity contribution in [3.8, 4) is 5.75 Å². The van der Waals surface area contributed by atoms with Crippen molar-refractivity contribution < 1.29 is 4.74 Å². The van der Waals surface area contributed by atoms with E-state index in [0.29, 0.717) is 12.0 Å². The molecule has 1 aromatic rings. The Labute approximate surface area is 112 Å². The first-order valence-corrected chi connectivity index (χ1v) is 7.09. The molecule has 0 saturated carbocycles. The van der Waals surface area contributed by atoms with E-state index in [-0.39, 0.29) is 0 Å². The van der Waals surface area contributed by atoms with Crippen LogP contribution in [-0.4, -0.2) is 13.2 Å². The summed E-state index contributed by atoms with van der Waals surface area (Å²) in [6.07, 6.45) is 2.46. The van der Waals surface area contributed by atoms with Crippen molar-refractivity contribution in [2.75, 3.05) is 13.2 Å². The van der Waals surface area contributed by atoms with Crippen LogP contribution in [-0.2, 0) is 0 Å². The second-order valence-electron chi connectivity index (χ2n) is 5.31. The van der Waals surface area contributed by atoms with Gasteiger partial charge in [-0.05, 0) is 43.5 Å². The third-order valence-corrected chi connectivity index (χ3v) is 2.92. The van der Waals surface area contributed by atoms with Gasteiger partial charge in [0, 0.05) is 6.04 Å². The summed E-state index contributed by atoms with van der Waals surface area (Å²) in [5, 5.41) is 3.54. The highest BCUT2D eigenvalue weighted by molar-refractivity contribution is 5.30. The summed E-state index contributed by atoms with van der Waals surface area (Å²) in [7, 11) is 0. The summed E-state index contributed by atoms with van der Waals surface area (Å²) in [5.74, 6) is 1.54. The maximum atomic E-state index is 5.76. The van der Waals surface area contributed by atoms with Gasteiger partial charge >= 0.3 is 0 Å². The van der Waals surface area contributed by atoms with Crippen molar-refractivity contribution in [3.63, 3.8) is 0 Å². The van der Waals surface area contributed by atoms with E-state index < -0.39 is 0 Å². The smallest absolute Gasteiger partial charge is 0.119 e. The third-order valence-electron chi connectivity index (χ3n) is 2.92. The SMILES string of the molecule is CCCCN[C@H](C)c1cccc(OCC(C)C)c1. The van der Waals surface area contributed by atoms with Crippen LogP contribution in [0.15, 0.2) is 24.3 Å². The van der Waals surface area contributed by atoms with Crippen LogP contribution in [0.1, 0.15) is 52.1 Å². The Morgan fingerprint density at radius 1 is 1.22 bits per heavy atom. The number of rotatable bonds is 8. The molecule has 18 heavy (non-hydrogen) atoms. The molecule has 1 aromatic carbocycles. The van der Waals surface area contributed by atoms with Crippen molar-refractivity contribution in [1.29, 1.82) is 0 Å². The lowest BCUT2D eigenvalue weighted by atomic mass is 10.1. The van der Waals surface area contributed by atoms with E-state index in [4.69, 9.17) is 4.74 Å². The Balaban J connectivity index is 2.52. The number of benzene rings is 1. The fourth-order valence-electron chi connectivity index (χ4n) is 1.75. The molecule has 0 aliphatic rings. The quantitative estimate of drug-likeness (QED) is 0.698. The van der Waals surface area contributed by atoms with Gasteiger partial charge in [0.1, 0.15) is 5.75 Å². The topological polar surface area (TPSA) is 21.3 Å². The normalized spacial score (nSPS) is 12.7. The summed E-state index contributed by atoms with van der Waals surface area (Å²) >= 11 is 0. The molecule has 0 bridgehead atoms. The third kappa shape index (κ3) is 5.54. The second-order valence-corrected chi connectivity index (χ2v) is 5.31. The molecule has 0 radical (unpaired) electrons. The average molecular weight is 249 g/mol. The summed E-state index contributed by atoms with van der Waals surface area (Å²) in [6.45, 7) is 10.6. The van der Waals surface area contributed by atoms with Gasteiger partial charge in [-0.2, -0.15) is 0 Å². The standard InChI is InChI=1S/C16H27NO/c1-5-6-10-17-14(4)15-8-7-9-16(11-15)18-12-13(2)3/h7-9,11,13-14,17H,5-6,10,12H2,1-4H3/t14-/m1/s1. The highest BCUT2D eigenvalue weighted by atomic mass is 16.5. The molecular formula is C16H27NO. The molecule has 0 amide bonds. The predicted molar refractivity (Wildman–Crippen MR) is 78.1 cm³/mol. The van der Waals surface area contributed by atoms with E-state index in [1.165, 1.54) is 18.4 Å². The van der Waals surface area contributed by atoms with Gasteiger partial charge < -0.3 is 10.1 Å². The van der Waals surface area contributed by atoms with Crippen LogP contribution >= 0.6 is 0 Å². The van der Waals surface area contributed by atoms with Gasteiger partial charge in [0.2, 0.25) is 0 Å². The molecule has 0 aliphatic carbocycles. The van der Waals surface area contributed by atoms with E-state index in [1.54, 1.807) is 0 Å². The molecule has 1 rings (SSSR count). The predicted octanol–water partition coefficient (Wildman–Crippen LogP) is 4.17. The molecule has 0 spiro atoms. The van der Waals surface area contributed by atoms with Gasteiger partial charge in [-0.25, -0.2) is 0 Å². The summed E-state index contributed by atoms with van der Waals surface area (Å²) in [4.78, 5) is 0. The Hall–Kier alpha value is -1.02. The fraction of sp³-hybridized carbons (Fsp3) is 0.625. The van der Waals surface area contributed by atoms with Crippen LogP contribution in [0.5, 0.6) is 5.75 Å². The van der Waals surface area contributed by atoms with Crippen LogP contribution < -0.4 is 10.1 Å². The molecule has 0 saturated heterocycles. The number of hydrogen-bond donors (Lipinski definition) is 1. The monoisotopic (exact) mass is 249 g/mol. The lowest BCUT2D eigenvalue weighted by Gasteiger charge is -2.16. The van der Waals surface area contributed by atoms with Gasteiger partial charge in [0.05, 0.1) is 6.61 Å². The number of ether oxygens (including phenoxy) is 1. The van der Waals surface area contributed by atoms with Crippen LogP contribution in [0.3, 0.4) is 0 Å². The van der Waals surface area contributed by atoms with E-state index in [9.17, 15) is 0 Å². The zero-order valence-corrected chi connectivity index (χ0v) is 12.2. The minimum atomic E-state index is 0.388. The van der Waals surface area contributed by atoms with Crippen LogP contribution in [0, 0.1) is 5.92 Å². The zero-order valence-electron chi connectivity index (χ0n) is 12.2. The molecule has 2 heteroatoms. The van der Waals surface area contributed by atoms with E-state index in [0.717, 1.165) is 18.9 Å². The molecular weight excluding hydrogens is 222 g/mol. The Bertz CT molecular complexity index is 336. The second kappa shape index (κ2) is 8.15. The fourth-order valence-corrected chi connectivity index (χ4v) is 1.75. The lowest BCUT2D eigenvalue weighted by Crippen LogP contribution is -2.19. The minimum Gasteiger partial charge on any atom is -0.493 e. The Kier molecular flexibility index (Phi) is 6.81. The first-order valence-electron chi connectivity index (χ1n) is 7.09. The van der Waals surface area contributed by atoms with Crippen molar-refractivity contribution in [2.24, 2.45) is 5.92 Å². The first kappa shape index (κ1) is 15.0. The molecule has 0 aliphatic heterocycles. The molecule has 0 heterocycles. The van der Waals surface area contributed by atoms with Crippen LogP contribution in [0.25, 0.3) is 0 Å². The van der Waals surface area contributed by atoms with Crippen molar-refractivity contribution in [1.82, 2.24) is 5.32 Å². The summed E-state index contributed by atoms with van der Waals surface area (Å²) in [6, 6.07) is 8.80. The zero-order chi connectivity index (χ0) is 13.4. The molecule has 1 atom stereocenters. The summed E-state index contributed by atoms with van der Waals surface area (Å²) in [5.41, 5.74) is 1.30. The number of unbranched alkanes of at least 4 members (excludes halogenated alkanes) is 1. The molecule has 102 valence electrons. The molecule has 1 N–H and O–H groups in total. The van der Waals surface area contributed by atoms with Gasteiger partial charge in [0.25, 0.3) is 0 Å². The van der Waals surface area contributed by atoms with E-state index in [2.05, 4.69) is 51.2 Å². The Morgan fingerprint density at radius 3 is 2.67 bits per heavy atom.